The lowest BCUT2D eigenvalue weighted by molar-refractivity contribution is -0.155. The number of rotatable bonds is 9. The number of esters is 1. The highest BCUT2D eigenvalue weighted by Crippen LogP contribution is 2.33. The van der Waals surface area contributed by atoms with Gasteiger partial charge in [0.1, 0.15) is 5.78 Å². The highest BCUT2D eigenvalue weighted by Gasteiger charge is 2.35. The van der Waals surface area contributed by atoms with Crippen molar-refractivity contribution < 1.29 is 14.3 Å². The van der Waals surface area contributed by atoms with E-state index in [1.807, 2.05) is 20.8 Å². The monoisotopic (exact) mass is 254 g/mol. The highest BCUT2D eigenvalue weighted by atomic mass is 16.5. The Morgan fingerprint density at radius 1 is 1.17 bits per heavy atom. The van der Waals surface area contributed by atoms with E-state index < -0.39 is 5.41 Å². The zero-order valence-electron chi connectivity index (χ0n) is 12.2. The molecule has 0 aliphatic carbocycles. The Balaban J connectivity index is 4.73. The van der Waals surface area contributed by atoms with E-state index in [4.69, 9.17) is 4.74 Å². The van der Waals surface area contributed by atoms with E-state index in [9.17, 15) is 9.59 Å². The largest absolute Gasteiger partial charge is 0.466 e. The van der Waals surface area contributed by atoms with E-state index in [-0.39, 0.29) is 11.8 Å². The molecule has 0 radical (unpaired) electrons. The minimum Gasteiger partial charge on any atom is -0.466 e. The van der Waals surface area contributed by atoms with Gasteiger partial charge in [-0.15, -0.1) is 0 Å². The molecule has 0 aromatic heterocycles. The number of hydrogen-bond acceptors (Lipinski definition) is 3. The minimum atomic E-state index is -0.617. The van der Waals surface area contributed by atoms with Crippen molar-refractivity contribution >= 4 is 11.8 Å². The van der Waals surface area contributed by atoms with E-state index in [1.54, 1.807) is 6.92 Å². The van der Waals surface area contributed by atoms with Crippen molar-refractivity contribution in [2.24, 2.45) is 5.41 Å². The average Bonchev–Trinajstić information content (AvgIpc) is 2.35. The van der Waals surface area contributed by atoms with Crippen LogP contribution in [0.5, 0.6) is 0 Å². The van der Waals surface area contributed by atoms with Crippen molar-refractivity contribution in [3.63, 3.8) is 0 Å². The normalized spacial score (nSPS) is 13.8. The Kier molecular flexibility index (Phi) is 7.56. The van der Waals surface area contributed by atoms with Gasteiger partial charge in [0.05, 0.1) is 12.0 Å². The molecule has 18 heavy (non-hydrogen) atoms. The summed E-state index contributed by atoms with van der Waals surface area (Å²) in [6.07, 6.45) is 2.93. The van der Waals surface area contributed by atoms with Crippen LogP contribution in [0.4, 0.5) is 0 Å². The van der Waals surface area contributed by atoms with Crippen molar-refractivity contribution in [3.8, 4) is 0 Å². The maximum Gasteiger partial charge on any atom is 0.312 e. The predicted molar refractivity (Wildman–Crippen MR) is 73.3 cm³/mol. The molecule has 1 atom stereocenters. The summed E-state index contributed by atoms with van der Waals surface area (Å²) in [7, 11) is 0. The lowest BCUT2D eigenvalue weighted by atomic mass is 9.78. The lowest BCUT2D eigenvalue weighted by Gasteiger charge is -2.27. The van der Waals surface area contributed by atoms with Gasteiger partial charge in [-0.25, -0.2) is 0 Å². The van der Waals surface area contributed by atoms with Crippen LogP contribution in [-0.4, -0.2) is 18.4 Å². The zero-order chi connectivity index (χ0) is 14.2. The molecule has 0 fully saturated rings. The van der Waals surface area contributed by atoms with Crippen LogP contribution in [0.1, 0.15) is 59.8 Å². The molecule has 0 aliphatic rings. The van der Waals surface area contributed by atoms with Gasteiger partial charge in [-0.1, -0.05) is 26.0 Å². The van der Waals surface area contributed by atoms with Crippen molar-refractivity contribution in [2.45, 2.75) is 59.8 Å². The third-order valence-electron chi connectivity index (χ3n) is 3.26. The molecule has 0 saturated heterocycles. The minimum absolute atomic E-state index is 0.188. The number of carbonyl (C=O) groups is 2. The van der Waals surface area contributed by atoms with Gasteiger partial charge in [-0.3, -0.25) is 9.59 Å². The molecule has 0 spiro atoms. The third kappa shape index (κ3) is 5.48. The summed E-state index contributed by atoms with van der Waals surface area (Å²) in [5.41, 5.74) is 0.406. The molecule has 0 heterocycles. The van der Waals surface area contributed by atoms with Crippen LogP contribution < -0.4 is 0 Å². The number of ether oxygens (including phenoxy) is 1. The molecule has 1 unspecified atom stereocenters. The van der Waals surface area contributed by atoms with Gasteiger partial charge in [0.25, 0.3) is 0 Å². The number of carbonyl (C=O) groups excluding carboxylic acids is 2. The molecule has 0 aromatic carbocycles. The first-order chi connectivity index (χ1) is 8.39. The van der Waals surface area contributed by atoms with Crippen molar-refractivity contribution in [2.75, 3.05) is 6.61 Å². The van der Waals surface area contributed by atoms with E-state index in [0.717, 1.165) is 12.0 Å². The summed E-state index contributed by atoms with van der Waals surface area (Å²) in [4.78, 5) is 23.5. The molecule has 0 amide bonds. The first-order valence-corrected chi connectivity index (χ1v) is 6.75. The van der Waals surface area contributed by atoms with Crippen LogP contribution in [0.2, 0.25) is 0 Å². The van der Waals surface area contributed by atoms with E-state index in [2.05, 4.69) is 6.58 Å². The number of Topliss-reactive ketones (excluding diaryl/α,β-unsaturated/α-hetero) is 1. The third-order valence-corrected chi connectivity index (χ3v) is 3.26. The van der Waals surface area contributed by atoms with Gasteiger partial charge in [0, 0.05) is 12.8 Å². The van der Waals surface area contributed by atoms with Gasteiger partial charge in [0.15, 0.2) is 0 Å². The Morgan fingerprint density at radius 3 is 2.22 bits per heavy atom. The Hall–Kier alpha value is -1.12. The fraction of sp³-hybridized carbons (Fsp3) is 0.733. The second-order valence-corrected chi connectivity index (χ2v) is 4.95. The summed E-state index contributed by atoms with van der Waals surface area (Å²) in [6, 6.07) is 0. The molecule has 0 aliphatic heterocycles. The summed E-state index contributed by atoms with van der Waals surface area (Å²) in [5, 5.41) is 0. The molecular weight excluding hydrogens is 228 g/mol. The Bertz CT molecular complexity index is 307. The van der Waals surface area contributed by atoms with Gasteiger partial charge in [-0.2, -0.15) is 0 Å². The van der Waals surface area contributed by atoms with Crippen LogP contribution >= 0.6 is 0 Å². The number of hydrogen-bond donors (Lipinski definition) is 0. The lowest BCUT2D eigenvalue weighted by Crippen LogP contribution is -2.31. The van der Waals surface area contributed by atoms with E-state index in [1.165, 1.54) is 0 Å². The van der Waals surface area contributed by atoms with Gasteiger partial charge in [-0.05, 0) is 33.1 Å². The molecule has 0 saturated carbocycles. The smallest absolute Gasteiger partial charge is 0.312 e. The zero-order valence-corrected chi connectivity index (χ0v) is 12.2. The molecule has 0 bridgehead atoms. The second-order valence-electron chi connectivity index (χ2n) is 4.95. The maximum absolute atomic E-state index is 12.0. The van der Waals surface area contributed by atoms with Crippen LogP contribution in [0.3, 0.4) is 0 Å². The topological polar surface area (TPSA) is 43.4 Å². The van der Waals surface area contributed by atoms with E-state index >= 15 is 0 Å². The fourth-order valence-electron chi connectivity index (χ4n) is 1.84. The van der Waals surface area contributed by atoms with Gasteiger partial charge < -0.3 is 4.74 Å². The van der Waals surface area contributed by atoms with Crippen LogP contribution in [0.25, 0.3) is 0 Å². The molecule has 3 heteroatoms. The summed E-state index contributed by atoms with van der Waals surface area (Å²) < 4.78 is 5.13. The maximum atomic E-state index is 12.0. The Labute approximate surface area is 111 Å². The SMILES string of the molecule is C=C(CC)CC(C)(CCC(=O)CC)C(=O)OCC. The van der Waals surface area contributed by atoms with Crippen LogP contribution in [0, 0.1) is 5.41 Å². The highest BCUT2D eigenvalue weighted by molar-refractivity contribution is 5.81. The van der Waals surface area contributed by atoms with Gasteiger partial charge >= 0.3 is 5.97 Å². The fourth-order valence-corrected chi connectivity index (χ4v) is 1.84. The first-order valence-electron chi connectivity index (χ1n) is 6.75. The molecule has 0 aromatic rings. The number of ketones is 1. The van der Waals surface area contributed by atoms with E-state index in [0.29, 0.717) is 32.3 Å². The van der Waals surface area contributed by atoms with Crippen molar-refractivity contribution in [1.82, 2.24) is 0 Å². The van der Waals surface area contributed by atoms with Crippen molar-refractivity contribution in [1.29, 1.82) is 0 Å². The summed E-state index contributed by atoms with van der Waals surface area (Å²) in [5.74, 6) is -0.0314. The molecule has 104 valence electrons. The summed E-state index contributed by atoms with van der Waals surface area (Å²) in [6.45, 7) is 11.9. The molecule has 0 N–H and O–H groups in total. The quantitative estimate of drug-likeness (QED) is 0.466. The summed E-state index contributed by atoms with van der Waals surface area (Å²) >= 11 is 0. The second kappa shape index (κ2) is 8.06. The first kappa shape index (κ1) is 16.9. The number of allylic oxidation sites excluding steroid dienone is 1. The van der Waals surface area contributed by atoms with Crippen LogP contribution in [-0.2, 0) is 14.3 Å². The molecule has 0 rings (SSSR count). The van der Waals surface area contributed by atoms with Crippen LogP contribution in [0.15, 0.2) is 12.2 Å². The average molecular weight is 254 g/mol. The Morgan fingerprint density at radius 2 is 1.78 bits per heavy atom. The predicted octanol–water partition coefficient (Wildman–Crippen LogP) is 3.67. The molecular formula is C15H26O3. The molecule has 3 nitrogen and oxygen atoms in total. The standard InChI is InChI=1S/C15H26O3/c1-6-12(4)11-15(5,14(17)18-8-3)10-9-13(16)7-2/h4,6-11H2,1-3,5H3. The van der Waals surface area contributed by atoms with Gasteiger partial charge in [0.2, 0.25) is 0 Å². The van der Waals surface area contributed by atoms with Crippen molar-refractivity contribution in [3.05, 3.63) is 12.2 Å².